The molecular weight excluding hydrogens is 435 g/mol. The Bertz CT molecular complexity index is 1100. The summed E-state index contributed by atoms with van der Waals surface area (Å²) in [5.74, 6) is 0. The maximum absolute atomic E-state index is 13.7. The molecule has 0 aliphatic rings. The number of aromatic nitrogens is 1. The van der Waals surface area contributed by atoms with Gasteiger partial charge in [-0.1, -0.05) is 64.5 Å². The summed E-state index contributed by atoms with van der Waals surface area (Å²) in [6.07, 6.45) is -4.44. The minimum Gasteiger partial charge on any atom is -0.236 e. The van der Waals surface area contributed by atoms with Gasteiger partial charge in [0.15, 0.2) is 0 Å². The quantitative estimate of drug-likeness (QED) is 0.295. The Labute approximate surface area is 166 Å². The summed E-state index contributed by atoms with van der Waals surface area (Å²) in [4.78, 5) is 4.52. The topological polar surface area (TPSA) is 12.9 Å². The maximum Gasteiger partial charge on any atom is 0.417 e. The van der Waals surface area contributed by atoms with Crippen molar-refractivity contribution in [3.63, 3.8) is 0 Å². The molecular formula is C21H13BrF3NS. The normalized spacial score (nSPS) is 11.9. The Balaban J connectivity index is 1.85. The summed E-state index contributed by atoms with van der Waals surface area (Å²) in [6, 6.07) is 18.9. The zero-order valence-corrected chi connectivity index (χ0v) is 16.3. The van der Waals surface area contributed by atoms with E-state index in [1.54, 1.807) is 36.4 Å². The highest BCUT2D eigenvalue weighted by molar-refractivity contribution is 9.08. The third-order valence-corrected chi connectivity index (χ3v) is 5.98. The average Bonchev–Trinajstić information content (AvgIpc) is 3.10. The van der Waals surface area contributed by atoms with Crippen molar-refractivity contribution >= 4 is 37.5 Å². The van der Waals surface area contributed by atoms with Crippen molar-refractivity contribution in [1.82, 2.24) is 4.98 Å². The van der Waals surface area contributed by atoms with Crippen molar-refractivity contribution in [3.05, 3.63) is 77.9 Å². The fourth-order valence-corrected chi connectivity index (χ4v) is 4.33. The molecule has 3 aromatic carbocycles. The van der Waals surface area contributed by atoms with E-state index in [1.807, 2.05) is 18.2 Å². The molecule has 0 spiro atoms. The lowest BCUT2D eigenvalue weighted by Crippen LogP contribution is -2.07. The van der Waals surface area contributed by atoms with Gasteiger partial charge in [0.1, 0.15) is 5.01 Å². The molecule has 6 heteroatoms. The third kappa shape index (κ3) is 3.64. The lowest BCUT2D eigenvalue weighted by Gasteiger charge is -2.14. The summed E-state index contributed by atoms with van der Waals surface area (Å²) in [5, 5.41) is 1.31. The van der Waals surface area contributed by atoms with E-state index in [0.29, 0.717) is 16.1 Å². The molecule has 0 atom stereocenters. The fourth-order valence-electron chi connectivity index (χ4n) is 2.96. The zero-order valence-electron chi connectivity index (χ0n) is 13.9. The molecule has 0 N–H and O–H groups in total. The Hall–Kier alpha value is -2.18. The van der Waals surface area contributed by atoms with E-state index < -0.39 is 11.7 Å². The van der Waals surface area contributed by atoms with E-state index in [0.717, 1.165) is 21.1 Å². The average molecular weight is 448 g/mol. The SMILES string of the molecule is FC(F)(F)c1cc(-c2nc3ccc(CBr)cc3s2)ccc1-c1ccccc1. The van der Waals surface area contributed by atoms with E-state index in [-0.39, 0.29) is 5.56 Å². The van der Waals surface area contributed by atoms with Crippen molar-refractivity contribution < 1.29 is 13.2 Å². The molecule has 136 valence electrons. The molecule has 0 radical (unpaired) electrons. The molecule has 4 aromatic rings. The van der Waals surface area contributed by atoms with Crippen molar-refractivity contribution in [2.75, 3.05) is 0 Å². The first kappa shape index (κ1) is 18.2. The highest BCUT2D eigenvalue weighted by atomic mass is 79.9. The number of hydrogen-bond acceptors (Lipinski definition) is 2. The van der Waals surface area contributed by atoms with Gasteiger partial charge in [0, 0.05) is 10.9 Å². The van der Waals surface area contributed by atoms with Crippen LogP contribution in [-0.2, 0) is 11.5 Å². The number of nitrogens with zero attached hydrogens (tertiary/aromatic N) is 1. The van der Waals surface area contributed by atoms with E-state index in [9.17, 15) is 13.2 Å². The van der Waals surface area contributed by atoms with Crippen molar-refractivity contribution in [1.29, 1.82) is 0 Å². The van der Waals surface area contributed by atoms with Crippen LogP contribution in [0, 0.1) is 0 Å². The largest absolute Gasteiger partial charge is 0.417 e. The smallest absolute Gasteiger partial charge is 0.236 e. The molecule has 0 saturated carbocycles. The molecule has 0 fully saturated rings. The molecule has 0 bridgehead atoms. The van der Waals surface area contributed by atoms with Gasteiger partial charge in [0.25, 0.3) is 0 Å². The van der Waals surface area contributed by atoms with Gasteiger partial charge in [-0.2, -0.15) is 13.2 Å². The Morgan fingerprint density at radius 1 is 0.889 bits per heavy atom. The van der Waals surface area contributed by atoms with Crippen LogP contribution in [0.2, 0.25) is 0 Å². The number of benzene rings is 3. The predicted octanol–water partition coefficient (Wildman–Crippen LogP) is 7.54. The Kier molecular flexibility index (Phi) is 4.78. The lowest BCUT2D eigenvalue weighted by molar-refractivity contribution is -0.137. The van der Waals surface area contributed by atoms with E-state index in [1.165, 1.54) is 23.5 Å². The first-order chi connectivity index (χ1) is 13.0. The van der Waals surface area contributed by atoms with Crippen LogP contribution in [0.5, 0.6) is 0 Å². The van der Waals surface area contributed by atoms with Gasteiger partial charge in [-0.3, -0.25) is 0 Å². The summed E-state index contributed by atoms with van der Waals surface area (Å²) >= 11 is 4.82. The van der Waals surface area contributed by atoms with Crippen molar-refractivity contribution in [2.24, 2.45) is 0 Å². The first-order valence-corrected chi connectivity index (χ1v) is 10.1. The monoisotopic (exact) mass is 447 g/mol. The molecule has 4 rings (SSSR count). The van der Waals surface area contributed by atoms with Gasteiger partial charge in [-0.15, -0.1) is 11.3 Å². The number of fused-ring (bicyclic) bond motifs is 1. The van der Waals surface area contributed by atoms with Crippen molar-refractivity contribution in [2.45, 2.75) is 11.5 Å². The van der Waals surface area contributed by atoms with Gasteiger partial charge < -0.3 is 0 Å². The molecule has 0 saturated heterocycles. The van der Waals surface area contributed by atoms with Crippen LogP contribution in [0.25, 0.3) is 31.9 Å². The van der Waals surface area contributed by atoms with E-state index in [4.69, 9.17) is 0 Å². The maximum atomic E-state index is 13.7. The minimum absolute atomic E-state index is 0.175. The first-order valence-electron chi connectivity index (χ1n) is 8.18. The summed E-state index contributed by atoms with van der Waals surface area (Å²) in [5.41, 5.74) is 2.45. The molecule has 0 aliphatic carbocycles. The third-order valence-electron chi connectivity index (χ3n) is 4.26. The fraction of sp³-hybridized carbons (Fsp3) is 0.0952. The molecule has 27 heavy (non-hydrogen) atoms. The number of rotatable bonds is 3. The predicted molar refractivity (Wildman–Crippen MR) is 108 cm³/mol. The van der Waals surface area contributed by atoms with Crippen LogP contribution < -0.4 is 0 Å². The number of thiazole rings is 1. The van der Waals surface area contributed by atoms with Crippen LogP contribution in [0.15, 0.2) is 66.7 Å². The number of alkyl halides is 4. The number of halogens is 4. The lowest BCUT2D eigenvalue weighted by atomic mass is 9.97. The minimum atomic E-state index is -4.44. The molecule has 1 aromatic heterocycles. The van der Waals surface area contributed by atoms with Crippen LogP contribution >= 0.6 is 27.3 Å². The second-order valence-electron chi connectivity index (χ2n) is 6.08. The highest BCUT2D eigenvalue weighted by Crippen LogP contribution is 2.40. The molecule has 1 heterocycles. The van der Waals surface area contributed by atoms with Crippen molar-refractivity contribution in [3.8, 4) is 21.7 Å². The van der Waals surface area contributed by atoms with Crippen LogP contribution in [0.4, 0.5) is 13.2 Å². The highest BCUT2D eigenvalue weighted by Gasteiger charge is 2.34. The van der Waals surface area contributed by atoms with Crippen LogP contribution in [-0.4, -0.2) is 4.98 Å². The Morgan fingerprint density at radius 3 is 2.37 bits per heavy atom. The second kappa shape index (κ2) is 7.09. The number of hydrogen-bond donors (Lipinski definition) is 0. The van der Waals surface area contributed by atoms with Crippen LogP contribution in [0.1, 0.15) is 11.1 Å². The molecule has 0 aliphatic heterocycles. The summed E-state index contributed by atoms with van der Waals surface area (Å²) in [7, 11) is 0. The standard InChI is InChI=1S/C21H13BrF3NS/c22-12-13-6-9-18-19(10-13)27-20(26-18)15-7-8-16(14-4-2-1-3-5-14)17(11-15)21(23,24)25/h1-11H,12H2. The molecule has 0 amide bonds. The Morgan fingerprint density at radius 2 is 1.67 bits per heavy atom. The zero-order chi connectivity index (χ0) is 19.0. The van der Waals surface area contributed by atoms with Gasteiger partial charge in [-0.05, 0) is 34.9 Å². The van der Waals surface area contributed by atoms with E-state index >= 15 is 0 Å². The van der Waals surface area contributed by atoms with Gasteiger partial charge in [0.2, 0.25) is 0 Å². The summed E-state index contributed by atoms with van der Waals surface area (Å²) < 4.78 is 42.1. The van der Waals surface area contributed by atoms with Gasteiger partial charge >= 0.3 is 6.18 Å². The van der Waals surface area contributed by atoms with Gasteiger partial charge in [0.05, 0.1) is 15.8 Å². The van der Waals surface area contributed by atoms with E-state index in [2.05, 4.69) is 20.9 Å². The van der Waals surface area contributed by atoms with Crippen LogP contribution in [0.3, 0.4) is 0 Å². The molecule has 1 nitrogen and oxygen atoms in total. The molecule has 0 unspecified atom stereocenters. The van der Waals surface area contributed by atoms with Gasteiger partial charge in [-0.25, -0.2) is 4.98 Å². The second-order valence-corrected chi connectivity index (χ2v) is 7.67. The summed E-state index contributed by atoms with van der Waals surface area (Å²) in [6.45, 7) is 0.